The number of hydrogen-bond acceptors (Lipinski definition) is 4. The molecule has 1 aromatic carbocycles. The van der Waals surface area contributed by atoms with Crippen LogP contribution in [0, 0.1) is 6.92 Å². The fourth-order valence-electron chi connectivity index (χ4n) is 1.15. The maximum atomic E-state index is 11.3. The lowest BCUT2D eigenvalue weighted by Crippen LogP contribution is -2.15. The highest BCUT2D eigenvalue weighted by molar-refractivity contribution is 9.10. The molecular formula is C12H15BrN2O2. The van der Waals surface area contributed by atoms with Gasteiger partial charge in [-0.15, -0.1) is 0 Å². The van der Waals surface area contributed by atoms with Gasteiger partial charge in [-0.05, 0) is 38.5 Å². The number of nitrogens with one attached hydrogen (secondary N) is 1. The van der Waals surface area contributed by atoms with E-state index in [1.54, 1.807) is 13.8 Å². The molecule has 0 aliphatic heterocycles. The highest BCUT2D eigenvalue weighted by Gasteiger charge is 2.06. The summed E-state index contributed by atoms with van der Waals surface area (Å²) in [6, 6.07) is 5.74. The molecule has 0 aliphatic rings. The number of carbonyl (C=O) groups excluding carboxylic acids is 1. The maximum absolute atomic E-state index is 11.3. The summed E-state index contributed by atoms with van der Waals surface area (Å²) in [7, 11) is 0. The van der Waals surface area contributed by atoms with Gasteiger partial charge in [0.25, 0.3) is 0 Å². The number of halogens is 1. The van der Waals surface area contributed by atoms with Crippen LogP contribution < -0.4 is 5.43 Å². The molecule has 0 saturated carbocycles. The third-order valence-corrected chi connectivity index (χ3v) is 3.04. The van der Waals surface area contributed by atoms with Gasteiger partial charge in [-0.3, -0.25) is 5.43 Å². The molecule has 1 rings (SSSR count). The highest BCUT2D eigenvalue weighted by atomic mass is 79.9. The molecule has 1 N–H and O–H groups in total. The third-order valence-electron chi connectivity index (χ3n) is 2.18. The molecule has 5 heteroatoms. The monoisotopic (exact) mass is 298 g/mol. The fourth-order valence-corrected chi connectivity index (χ4v) is 1.52. The minimum Gasteiger partial charge on any atom is -0.461 e. The van der Waals surface area contributed by atoms with Crippen LogP contribution >= 0.6 is 15.9 Å². The van der Waals surface area contributed by atoms with Crippen LogP contribution in [0.1, 0.15) is 19.4 Å². The Bertz CT molecular complexity index is 444. The number of rotatable bonds is 4. The van der Waals surface area contributed by atoms with Gasteiger partial charge in [-0.2, -0.15) is 5.10 Å². The van der Waals surface area contributed by atoms with E-state index < -0.39 is 5.97 Å². The Morgan fingerprint density at radius 3 is 2.88 bits per heavy atom. The second-order valence-corrected chi connectivity index (χ2v) is 4.30. The Morgan fingerprint density at radius 2 is 2.24 bits per heavy atom. The Morgan fingerprint density at radius 1 is 1.53 bits per heavy atom. The minimum absolute atomic E-state index is 0.297. The third kappa shape index (κ3) is 3.85. The van der Waals surface area contributed by atoms with Gasteiger partial charge in [0.1, 0.15) is 5.71 Å². The predicted octanol–water partition coefficient (Wildman–Crippen LogP) is 3.11. The zero-order valence-corrected chi connectivity index (χ0v) is 11.7. The van der Waals surface area contributed by atoms with E-state index in [-0.39, 0.29) is 0 Å². The van der Waals surface area contributed by atoms with Crippen molar-refractivity contribution in [3.05, 3.63) is 28.2 Å². The quantitative estimate of drug-likeness (QED) is 0.528. The number of nitrogens with zero attached hydrogens (tertiary/aromatic N) is 1. The molecule has 17 heavy (non-hydrogen) atoms. The molecule has 0 amide bonds. The molecule has 0 unspecified atom stereocenters. The molecule has 0 aromatic heterocycles. The number of carbonyl (C=O) groups is 1. The van der Waals surface area contributed by atoms with E-state index in [9.17, 15) is 4.79 Å². The average molecular weight is 299 g/mol. The topological polar surface area (TPSA) is 50.7 Å². The smallest absolute Gasteiger partial charge is 0.354 e. The van der Waals surface area contributed by atoms with E-state index >= 15 is 0 Å². The van der Waals surface area contributed by atoms with Crippen LogP contribution in [0.3, 0.4) is 0 Å². The van der Waals surface area contributed by atoms with Crippen LogP contribution in [0.2, 0.25) is 0 Å². The summed E-state index contributed by atoms with van der Waals surface area (Å²) in [4.78, 5) is 11.3. The second-order valence-electron chi connectivity index (χ2n) is 3.44. The minimum atomic E-state index is -0.410. The van der Waals surface area contributed by atoms with Gasteiger partial charge in [-0.25, -0.2) is 4.79 Å². The summed E-state index contributed by atoms with van der Waals surface area (Å²) in [5.74, 6) is -0.410. The number of hydrogen-bond donors (Lipinski definition) is 1. The molecular weight excluding hydrogens is 284 g/mol. The van der Waals surface area contributed by atoms with Gasteiger partial charge in [0, 0.05) is 4.47 Å². The Labute approximate surface area is 109 Å². The van der Waals surface area contributed by atoms with E-state index in [0.29, 0.717) is 12.3 Å². The lowest BCUT2D eigenvalue weighted by atomic mass is 10.2. The van der Waals surface area contributed by atoms with E-state index in [0.717, 1.165) is 15.7 Å². The first-order chi connectivity index (χ1) is 8.06. The summed E-state index contributed by atoms with van der Waals surface area (Å²) < 4.78 is 5.82. The van der Waals surface area contributed by atoms with Crippen molar-refractivity contribution in [3.8, 4) is 0 Å². The fraction of sp³-hybridized carbons (Fsp3) is 0.333. The van der Waals surface area contributed by atoms with Crippen LogP contribution in [0.15, 0.2) is 27.8 Å². The molecule has 1 aromatic rings. The van der Waals surface area contributed by atoms with Crippen molar-refractivity contribution in [1.29, 1.82) is 0 Å². The van der Waals surface area contributed by atoms with Crippen LogP contribution in [-0.2, 0) is 9.53 Å². The van der Waals surface area contributed by atoms with Gasteiger partial charge in [-0.1, -0.05) is 22.0 Å². The van der Waals surface area contributed by atoms with E-state index in [1.165, 1.54) is 0 Å². The molecule has 0 bridgehead atoms. The van der Waals surface area contributed by atoms with Crippen molar-refractivity contribution in [2.45, 2.75) is 20.8 Å². The van der Waals surface area contributed by atoms with Crippen LogP contribution in [-0.4, -0.2) is 18.3 Å². The van der Waals surface area contributed by atoms with Crippen molar-refractivity contribution in [3.63, 3.8) is 0 Å². The highest BCUT2D eigenvalue weighted by Crippen LogP contribution is 2.23. The summed E-state index contributed by atoms with van der Waals surface area (Å²) in [6.07, 6.45) is 0. The summed E-state index contributed by atoms with van der Waals surface area (Å²) >= 11 is 3.43. The average Bonchev–Trinajstić information content (AvgIpc) is 2.31. The van der Waals surface area contributed by atoms with Crippen molar-refractivity contribution >= 4 is 33.3 Å². The Hall–Kier alpha value is -1.36. The first-order valence-electron chi connectivity index (χ1n) is 5.28. The number of hydrazone groups is 1. The predicted molar refractivity (Wildman–Crippen MR) is 72.2 cm³/mol. The molecule has 0 heterocycles. The normalized spacial score (nSPS) is 11.2. The summed E-state index contributed by atoms with van der Waals surface area (Å²) in [5, 5.41) is 3.99. The lowest BCUT2D eigenvalue weighted by Gasteiger charge is -2.07. The van der Waals surface area contributed by atoms with Crippen molar-refractivity contribution in [1.82, 2.24) is 0 Å². The van der Waals surface area contributed by atoms with Crippen molar-refractivity contribution in [2.24, 2.45) is 5.10 Å². The first kappa shape index (κ1) is 13.7. The molecule has 0 spiro atoms. The van der Waals surface area contributed by atoms with Crippen molar-refractivity contribution < 1.29 is 9.53 Å². The largest absolute Gasteiger partial charge is 0.461 e. The Kier molecular flexibility index (Phi) is 5.15. The molecule has 92 valence electrons. The lowest BCUT2D eigenvalue weighted by molar-refractivity contribution is -0.135. The van der Waals surface area contributed by atoms with Gasteiger partial charge in [0.05, 0.1) is 12.3 Å². The molecule has 0 radical (unpaired) electrons. The van der Waals surface area contributed by atoms with Gasteiger partial charge in [0.15, 0.2) is 0 Å². The van der Waals surface area contributed by atoms with Crippen LogP contribution in [0.25, 0.3) is 0 Å². The second kappa shape index (κ2) is 6.39. The maximum Gasteiger partial charge on any atom is 0.354 e. The molecule has 0 aliphatic carbocycles. The van der Waals surface area contributed by atoms with E-state index in [4.69, 9.17) is 4.74 Å². The zero-order chi connectivity index (χ0) is 12.8. The summed E-state index contributed by atoms with van der Waals surface area (Å²) in [5.41, 5.74) is 5.03. The summed E-state index contributed by atoms with van der Waals surface area (Å²) in [6.45, 7) is 5.68. The number of esters is 1. The van der Waals surface area contributed by atoms with Crippen LogP contribution in [0.4, 0.5) is 5.69 Å². The van der Waals surface area contributed by atoms with Crippen LogP contribution in [0.5, 0.6) is 0 Å². The zero-order valence-electron chi connectivity index (χ0n) is 10.1. The molecule has 0 saturated heterocycles. The standard InChI is InChI=1S/C12H15BrN2O2/c1-4-17-12(16)9(3)14-15-11-7-5-6-10(13)8(11)2/h5-7,15H,4H2,1-3H3/b14-9-. The van der Waals surface area contributed by atoms with Gasteiger partial charge >= 0.3 is 5.97 Å². The van der Waals surface area contributed by atoms with Gasteiger partial charge in [0.2, 0.25) is 0 Å². The number of benzene rings is 1. The van der Waals surface area contributed by atoms with E-state index in [1.807, 2.05) is 25.1 Å². The Balaban J connectivity index is 2.75. The van der Waals surface area contributed by atoms with Gasteiger partial charge < -0.3 is 4.74 Å². The first-order valence-corrected chi connectivity index (χ1v) is 6.08. The number of ether oxygens (including phenoxy) is 1. The SMILES string of the molecule is CCOC(=O)/C(C)=N\Nc1cccc(Br)c1C. The number of anilines is 1. The molecule has 0 fully saturated rings. The van der Waals surface area contributed by atoms with E-state index in [2.05, 4.69) is 26.5 Å². The molecule has 0 atom stereocenters. The van der Waals surface area contributed by atoms with Crippen molar-refractivity contribution in [2.75, 3.05) is 12.0 Å². The molecule has 4 nitrogen and oxygen atoms in total.